The molecule has 3 heteroatoms. The molecule has 1 heterocycles. The fraction of sp³-hybridized carbons (Fsp3) is 0.182. The summed E-state index contributed by atoms with van der Waals surface area (Å²) in [6.07, 6.45) is 1.70. The molecule has 14 heavy (non-hydrogen) atoms. The third-order valence-electron chi connectivity index (χ3n) is 1.95. The molecule has 0 radical (unpaired) electrons. The lowest BCUT2D eigenvalue weighted by molar-refractivity contribution is 0.340. The van der Waals surface area contributed by atoms with Crippen molar-refractivity contribution in [2.75, 3.05) is 6.61 Å². The second-order valence-corrected chi connectivity index (χ2v) is 2.90. The molecule has 0 aliphatic carbocycles. The Hall–Kier alpha value is -1.86. The van der Waals surface area contributed by atoms with E-state index in [0.29, 0.717) is 12.3 Å². The van der Waals surface area contributed by atoms with E-state index in [1.54, 1.807) is 12.0 Å². The van der Waals surface area contributed by atoms with Crippen LogP contribution in [-0.2, 0) is 4.79 Å². The van der Waals surface area contributed by atoms with Gasteiger partial charge >= 0.3 is 0 Å². The molecule has 0 amide bonds. The number of hydrogen-bond donors (Lipinski definition) is 0. The summed E-state index contributed by atoms with van der Waals surface area (Å²) in [5.74, 6) is 2.56. The number of carbonyl (C=O) groups excluding carboxylic acids is 1. The van der Waals surface area contributed by atoms with Gasteiger partial charge in [0.2, 0.25) is 0 Å². The van der Waals surface area contributed by atoms with E-state index in [1.807, 2.05) is 25.1 Å². The molecule has 1 aliphatic heterocycles. The highest BCUT2D eigenvalue weighted by molar-refractivity contribution is 5.69. The Bertz CT molecular complexity index is 525. The summed E-state index contributed by atoms with van der Waals surface area (Å²) in [6, 6.07) is 5.54. The van der Waals surface area contributed by atoms with E-state index in [9.17, 15) is 4.79 Å². The third-order valence-corrected chi connectivity index (χ3v) is 1.95. The Morgan fingerprint density at radius 2 is 2.36 bits per heavy atom. The van der Waals surface area contributed by atoms with Crippen LogP contribution in [0.2, 0.25) is 0 Å². The van der Waals surface area contributed by atoms with Crippen molar-refractivity contribution >= 4 is 12.0 Å². The molecule has 0 N–H and O–H groups in total. The van der Waals surface area contributed by atoms with E-state index in [0.717, 1.165) is 16.3 Å². The molecule has 1 aliphatic rings. The van der Waals surface area contributed by atoms with E-state index in [4.69, 9.17) is 4.74 Å². The quantitative estimate of drug-likeness (QED) is 0.621. The zero-order valence-electron chi connectivity index (χ0n) is 7.78. The van der Waals surface area contributed by atoms with Crippen molar-refractivity contribution in [3.05, 3.63) is 34.5 Å². The van der Waals surface area contributed by atoms with Gasteiger partial charge in [-0.1, -0.05) is 0 Å². The van der Waals surface area contributed by atoms with Gasteiger partial charge in [-0.3, -0.25) is 0 Å². The van der Waals surface area contributed by atoms with Crippen LogP contribution >= 0.6 is 0 Å². The molecule has 1 aromatic rings. The van der Waals surface area contributed by atoms with E-state index in [-0.39, 0.29) is 0 Å². The standard InChI is InChI=1S/C11H9NO2/c1-2-14-10-3-4-11-8(6-10)5-9(7-13)12-11/h3-6H,2H2,1H3. The minimum atomic E-state index is 0.341. The molecule has 70 valence electrons. The first-order valence-corrected chi connectivity index (χ1v) is 4.42. The van der Waals surface area contributed by atoms with Crippen LogP contribution in [0.5, 0.6) is 5.75 Å². The van der Waals surface area contributed by atoms with E-state index in [1.165, 1.54) is 0 Å². The lowest BCUT2D eigenvalue weighted by Crippen LogP contribution is -2.20. The Morgan fingerprint density at radius 1 is 1.50 bits per heavy atom. The van der Waals surface area contributed by atoms with Gasteiger partial charge in [0, 0.05) is 5.22 Å². The zero-order chi connectivity index (χ0) is 9.97. The van der Waals surface area contributed by atoms with Gasteiger partial charge in [0.05, 0.1) is 12.0 Å². The van der Waals surface area contributed by atoms with Gasteiger partial charge in [-0.25, -0.2) is 9.79 Å². The van der Waals surface area contributed by atoms with Crippen molar-refractivity contribution in [1.29, 1.82) is 0 Å². The van der Waals surface area contributed by atoms with Crippen molar-refractivity contribution in [1.82, 2.24) is 0 Å². The molecular formula is C11H9NO2. The van der Waals surface area contributed by atoms with Crippen LogP contribution in [0.4, 0.5) is 0 Å². The Morgan fingerprint density at radius 3 is 3.07 bits per heavy atom. The lowest BCUT2D eigenvalue weighted by Gasteiger charge is -2.00. The fourth-order valence-corrected chi connectivity index (χ4v) is 1.37. The van der Waals surface area contributed by atoms with Gasteiger partial charge in [0.15, 0.2) is 5.94 Å². The lowest BCUT2D eigenvalue weighted by atomic mass is 10.2. The molecule has 2 rings (SSSR count). The maximum Gasteiger partial charge on any atom is 0.152 e. The predicted molar refractivity (Wildman–Crippen MR) is 52.1 cm³/mol. The molecule has 0 atom stereocenters. The minimum Gasteiger partial charge on any atom is -0.494 e. The molecule has 0 unspecified atom stereocenters. The van der Waals surface area contributed by atoms with Gasteiger partial charge in [0.1, 0.15) is 11.4 Å². The second-order valence-electron chi connectivity index (χ2n) is 2.90. The maximum atomic E-state index is 10.4. The number of benzene rings is 1. The monoisotopic (exact) mass is 187 g/mol. The van der Waals surface area contributed by atoms with Crippen LogP contribution in [0.25, 0.3) is 6.08 Å². The first-order chi connectivity index (χ1) is 6.83. The Labute approximate surface area is 81.0 Å². The molecule has 0 spiro atoms. The summed E-state index contributed by atoms with van der Waals surface area (Å²) < 4.78 is 5.33. The highest BCUT2D eigenvalue weighted by Gasteiger charge is 2.02. The smallest absolute Gasteiger partial charge is 0.152 e. The number of nitrogens with zero attached hydrogens (tertiary/aromatic N) is 1. The summed E-state index contributed by atoms with van der Waals surface area (Å²) >= 11 is 0. The largest absolute Gasteiger partial charge is 0.494 e. The normalized spacial score (nSPS) is 12.5. The van der Waals surface area contributed by atoms with Gasteiger partial charge in [-0.05, 0) is 31.2 Å². The van der Waals surface area contributed by atoms with Crippen LogP contribution in [0.3, 0.4) is 0 Å². The SMILES string of the molecule is CCOc1ccc2c(c1)=CC(=C=O)N=2. The fourth-order valence-electron chi connectivity index (χ4n) is 1.37. The van der Waals surface area contributed by atoms with Gasteiger partial charge < -0.3 is 4.74 Å². The number of rotatable bonds is 2. The van der Waals surface area contributed by atoms with Gasteiger partial charge in [0.25, 0.3) is 0 Å². The summed E-state index contributed by atoms with van der Waals surface area (Å²) in [5.41, 5.74) is 0.341. The van der Waals surface area contributed by atoms with Crippen molar-refractivity contribution in [3.63, 3.8) is 0 Å². The number of ether oxygens (including phenoxy) is 1. The predicted octanol–water partition coefficient (Wildman–Crippen LogP) is 0.214. The molecule has 0 fully saturated rings. The summed E-state index contributed by atoms with van der Waals surface area (Å²) in [6.45, 7) is 2.56. The molecule has 0 saturated heterocycles. The Kier molecular flexibility index (Phi) is 2.17. The van der Waals surface area contributed by atoms with E-state index in [2.05, 4.69) is 4.99 Å². The number of allylic oxidation sites excluding steroid dienone is 1. The summed E-state index contributed by atoms with van der Waals surface area (Å²) in [4.78, 5) is 14.4. The highest BCUT2D eigenvalue weighted by Crippen LogP contribution is 2.05. The van der Waals surface area contributed by atoms with Crippen LogP contribution in [-0.4, -0.2) is 12.5 Å². The second kappa shape index (κ2) is 3.48. The van der Waals surface area contributed by atoms with Crippen molar-refractivity contribution in [2.24, 2.45) is 4.99 Å². The summed E-state index contributed by atoms with van der Waals surface area (Å²) in [5, 5.41) is 1.71. The number of fused-ring (bicyclic) bond motifs is 1. The topological polar surface area (TPSA) is 38.7 Å². The third kappa shape index (κ3) is 1.45. The average molecular weight is 187 g/mol. The van der Waals surface area contributed by atoms with Crippen molar-refractivity contribution in [3.8, 4) is 5.75 Å². The summed E-state index contributed by atoms with van der Waals surface area (Å²) in [7, 11) is 0. The zero-order valence-corrected chi connectivity index (χ0v) is 7.78. The van der Waals surface area contributed by atoms with E-state index < -0.39 is 0 Å². The van der Waals surface area contributed by atoms with Crippen LogP contribution in [0, 0.1) is 0 Å². The Balaban J connectivity index is 2.55. The molecule has 3 nitrogen and oxygen atoms in total. The van der Waals surface area contributed by atoms with Crippen LogP contribution in [0.15, 0.2) is 28.9 Å². The van der Waals surface area contributed by atoms with E-state index >= 15 is 0 Å². The molecule has 1 aromatic carbocycles. The highest BCUT2D eigenvalue weighted by atomic mass is 16.5. The van der Waals surface area contributed by atoms with Crippen LogP contribution in [0.1, 0.15) is 6.92 Å². The maximum absolute atomic E-state index is 10.4. The minimum absolute atomic E-state index is 0.341. The average Bonchev–Trinajstić information content (AvgIpc) is 2.60. The molecular weight excluding hydrogens is 178 g/mol. The van der Waals surface area contributed by atoms with Crippen LogP contribution < -0.4 is 15.3 Å². The molecule has 0 saturated carbocycles. The first kappa shape index (κ1) is 8.73. The van der Waals surface area contributed by atoms with Gasteiger partial charge in [-0.15, -0.1) is 0 Å². The van der Waals surface area contributed by atoms with Crippen molar-refractivity contribution < 1.29 is 9.53 Å². The molecule has 0 bridgehead atoms. The van der Waals surface area contributed by atoms with Gasteiger partial charge in [-0.2, -0.15) is 0 Å². The molecule has 0 aromatic heterocycles. The first-order valence-electron chi connectivity index (χ1n) is 4.42. The number of hydrogen-bond acceptors (Lipinski definition) is 3. The van der Waals surface area contributed by atoms with Crippen molar-refractivity contribution in [2.45, 2.75) is 6.92 Å².